The van der Waals surface area contributed by atoms with Gasteiger partial charge in [0.2, 0.25) is 0 Å². The molecule has 2 N–H and O–H groups in total. The van der Waals surface area contributed by atoms with E-state index in [0.717, 1.165) is 17.2 Å². The number of rotatable bonds is 4. The first-order chi connectivity index (χ1) is 11.1. The number of hydrogen-bond acceptors (Lipinski definition) is 5. The van der Waals surface area contributed by atoms with Crippen LogP contribution < -0.4 is 5.32 Å². The van der Waals surface area contributed by atoms with Crippen LogP contribution in [0.15, 0.2) is 48.9 Å². The minimum absolute atomic E-state index is 0.0958. The predicted molar refractivity (Wildman–Crippen MR) is 85.4 cm³/mol. The molecule has 0 aliphatic heterocycles. The van der Waals surface area contributed by atoms with Crippen LogP contribution in [-0.4, -0.2) is 20.1 Å². The highest BCUT2D eigenvalue weighted by Crippen LogP contribution is 2.24. The van der Waals surface area contributed by atoms with Gasteiger partial charge in [0.05, 0.1) is 5.56 Å². The Morgan fingerprint density at radius 3 is 2.65 bits per heavy atom. The molecular formula is C17H15FN4O. The van der Waals surface area contributed by atoms with E-state index in [4.69, 9.17) is 0 Å². The van der Waals surface area contributed by atoms with Crippen LogP contribution in [-0.2, 0) is 6.54 Å². The van der Waals surface area contributed by atoms with Crippen molar-refractivity contribution < 1.29 is 9.50 Å². The lowest BCUT2D eigenvalue weighted by Gasteiger charge is -2.11. The van der Waals surface area contributed by atoms with Crippen molar-refractivity contribution in [1.82, 2.24) is 15.0 Å². The molecule has 0 saturated heterocycles. The van der Waals surface area contributed by atoms with Crippen molar-refractivity contribution in [1.29, 1.82) is 0 Å². The molecule has 2 heterocycles. The third-order valence-corrected chi connectivity index (χ3v) is 3.32. The summed E-state index contributed by atoms with van der Waals surface area (Å²) in [6.07, 6.45) is 5.14. The molecule has 1 aromatic carbocycles. The van der Waals surface area contributed by atoms with Crippen LogP contribution >= 0.6 is 0 Å². The molecule has 0 bridgehead atoms. The maximum Gasteiger partial charge on any atom is 0.162 e. The fourth-order valence-electron chi connectivity index (χ4n) is 2.12. The minimum Gasteiger partial charge on any atom is -0.507 e. The van der Waals surface area contributed by atoms with Crippen molar-refractivity contribution in [2.75, 3.05) is 5.32 Å². The molecule has 6 heteroatoms. The predicted octanol–water partition coefficient (Wildman–Crippen LogP) is 3.30. The number of phenols is 1. The average Bonchev–Trinajstić information content (AvgIpc) is 2.55. The number of aromatic nitrogens is 3. The molecule has 0 amide bonds. The topological polar surface area (TPSA) is 70.9 Å². The maximum absolute atomic E-state index is 13.0. The summed E-state index contributed by atoms with van der Waals surface area (Å²) in [6, 6.07) is 7.59. The molecule has 0 atom stereocenters. The quantitative estimate of drug-likeness (QED) is 0.773. The Kier molecular flexibility index (Phi) is 4.14. The van der Waals surface area contributed by atoms with Crippen LogP contribution in [0.4, 0.5) is 10.2 Å². The molecule has 0 aliphatic rings. The first kappa shape index (κ1) is 14.9. The number of phenolic OH excluding ortho intramolecular Hbond substituents is 1. The normalized spacial score (nSPS) is 10.5. The van der Waals surface area contributed by atoms with Gasteiger partial charge in [-0.3, -0.25) is 0 Å². The van der Waals surface area contributed by atoms with Crippen LogP contribution in [0.2, 0.25) is 0 Å². The number of benzene rings is 1. The van der Waals surface area contributed by atoms with Gasteiger partial charge in [-0.2, -0.15) is 0 Å². The number of hydrogen-bond donors (Lipinski definition) is 2. The van der Waals surface area contributed by atoms with Crippen molar-refractivity contribution >= 4 is 5.82 Å². The standard InChI is InChI=1S/C17H15FN4O/c1-11-8-20-17(21-9-11)14-3-2-6-19-16(14)22-10-12-4-5-13(18)7-15(12)23/h2-9,23H,10H2,1H3,(H,19,22). The number of nitrogens with one attached hydrogen (secondary N) is 1. The second-order valence-electron chi connectivity index (χ2n) is 5.11. The lowest BCUT2D eigenvalue weighted by molar-refractivity contribution is 0.463. The van der Waals surface area contributed by atoms with Crippen LogP contribution in [0, 0.1) is 12.7 Å². The van der Waals surface area contributed by atoms with Gasteiger partial charge in [0.15, 0.2) is 5.82 Å². The second kappa shape index (κ2) is 6.39. The summed E-state index contributed by atoms with van der Waals surface area (Å²) in [5, 5.41) is 12.9. The van der Waals surface area contributed by atoms with Gasteiger partial charge in [-0.15, -0.1) is 0 Å². The first-order valence-corrected chi connectivity index (χ1v) is 7.09. The Labute approximate surface area is 132 Å². The highest BCUT2D eigenvalue weighted by Gasteiger charge is 2.09. The van der Waals surface area contributed by atoms with E-state index in [2.05, 4.69) is 20.3 Å². The molecule has 0 unspecified atom stereocenters. The van der Waals surface area contributed by atoms with E-state index in [9.17, 15) is 9.50 Å². The van der Waals surface area contributed by atoms with E-state index in [1.165, 1.54) is 12.1 Å². The summed E-state index contributed by atoms with van der Waals surface area (Å²) in [7, 11) is 0. The van der Waals surface area contributed by atoms with Crippen molar-refractivity contribution in [2.24, 2.45) is 0 Å². The van der Waals surface area contributed by atoms with Crippen molar-refractivity contribution in [3.63, 3.8) is 0 Å². The second-order valence-corrected chi connectivity index (χ2v) is 5.11. The molecule has 3 aromatic rings. The first-order valence-electron chi connectivity index (χ1n) is 7.09. The number of aryl methyl sites for hydroxylation is 1. The molecule has 3 rings (SSSR count). The molecule has 0 fully saturated rings. The Morgan fingerprint density at radius 1 is 1.13 bits per heavy atom. The Balaban J connectivity index is 1.84. The lowest BCUT2D eigenvalue weighted by atomic mass is 10.2. The van der Waals surface area contributed by atoms with Crippen LogP contribution in [0.5, 0.6) is 5.75 Å². The highest BCUT2D eigenvalue weighted by molar-refractivity contribution is 5.69. The molecule has 5 nitrogen and oxygen atoms in total. The highest BCUT2D eigenvalue weighted by atomic mass is 19.1. The molecule has 0 spiro atoms. The lowest BCUT2D eigenvalue weighted by Crippen LogP contribution is -2.04. The fraction of sp³-hybridized carbons (Fsp3) is 0.118. The number of aromatic hydroxyl groups is 1. The van der Waals surface area contributed by atoms with Crippen molar-refractivity contribution in [2.45, 2.75) is 13.5 Å². The van der Waals surface area contributed by atoms with E-state index in [-0.39, 0.29) is 5.75 Å². The van der Waals surface area contributed by atoms with Gasteiger partial charge in [-0.1, -0.05) is 6.07 Å². The monoisotopic (exact) mass is 310 g/mol. The van der Waals surface area contributed by atoms with Crippen molar-refractivity contribution in [3.8, 4) is 17.1 Å². The average molecular weight is 310 g/mol. The van der Waals surface area contributed by atoms with E-state index in [1.54, 1.807) is 24.7 Å². The van der Waals surface area contributed by atoms with Gasteiger partial charge in [0.25, 0.3) is 0 Å². The van der Waals surface area contributed by atoms with Gasteiger partial charge >= 0.3 is 0 Å². The molecule has 2 aromatic heterocycles. The number of halogens is 1. The summed E-state index contributed by atoms with van der Waals surface area (Å²) in [4.78, 5) is 12.9. The third-order valence-electron chi connectivity index (χ3n) is 3.32. The van der Waals surface area contributed by atoms with Gasteiger partial charge < -0.3 is 10.4 Å². The Morgan fingerprint density at radius 2 is 1.91 bits per heavy atom. The SMILES string of the molecule is Cc1cnc(-c2cccnc2NCc2ccc(F)cc2O)nc1. The molecule has 0 radical (unpaired) electrons. The van der Waals surface area contributed by atoms with E-state index < -0.39 is 5.82 Å². The molecular weight excluding hydrogens is 295 g/mol. The minimum atomic E-state index is -0.474. The zero-order chi connectivity index (χ0) is 16.2. The van der Waals surface area contributed by atoms with Gasteiger partial charge in [0.1, 0.15) is 17.4 Å². The van der Waals surface area contributed by atoms with Gasteiger partial charge in [-0.25, -0.2) is 19.3 Å². The molecule has 116 valence electrons. The Hall–Kier alpha value is -3.02. The summed E-state index contributed by atoms with van der Waals surface area (Å²) < 4.78 is 13.0. The number of nitrogens with zero attached hydrogens (tertiary/aromatic N) is 3. The zero-order valence-corrected chi connectivity index (χ0v) is 12.5. The van der Waals surface area contributed by atoms with Crippen molar-refractivity contribution in [3.05, 3.63) is 65.9 Å². The van der Waals surface area contributed by atoms with Crippen LogP contribution in [0.1, 0.15) is 11.1 Å². The zero-order valence-electron chi connectivity index (χ0n) is 12.5. The largest absolute Gasteiger partial charge is 0.507 e. The van der Waals surface area contributed by atoms with E-state index >= 15 is 0 Å². The van der Waals surface area contributed by atoms with E-state index in [0.29, 0.717) is 23.8 Å². The Bertz CT molecular complexity index is 821. The fourth-order valence-corrected chi connectivity index (χ4v) is 2.12. The molecule has 0 saturated carbocycles. The molecule has 0 aliphatic carbocycles. The smallest absolute Gasteiger partial charge is 0.162 e. The molecule has 23 heavy (non-hydrogen) atoms. The summed E-state index contributed by atoms with van der Waals surface area (Å²) >= 11 is 0. The maximum atomic E-state index is 13.0. The summed E-state index contributed by atoms with van der Waals surface area (Å²) in [5.74, 6) is 0.592. The summed E-state index contributed by atoms with van der Waals surface area (Å²) in [5.41, 5.74) is 2.31. The number of anilines is 1. The van der Waals surface area contributed by atoms with Gasteiger partial charge in [0, 0.05) is 36.8 Å². The van der Waals surface area contributed by atoms with Gasteiger partial charge in [-0.05, 0) is 30.7 Å². The number of pyridine rings is 1. The van der Waals surface area contributed by atoms with Crippen LogP contribution in [0.3, 0.4) is 0 Å². The summed E-state index contributed by atoms with van der Waals surface area (Å²) in [6.45, 7) is 2.23. The van der Waals surface area contributed by atoms with E-state index in [1.807, 2.05) is 13.0 Å². The van der Waals surface area contributed by atoms with Crippen LogP contribution in [0.25, 0.3) is 11.4 Å². The third kappa shape index (κ3) is 3.42.